The van der Waals surface area contributed by atoms with E-state index in [0.29, 0.717) is 44.9 Å². The van der Waals surface area contributed by atoms with Crippen molar-refractivity contribution >= 4 is 69.5 Å². The SMILES string of the molecule is CCCC[C@@H](C(=O)O)N1C(=O)/C(=C\c2ccc(-c3c(Cl)cccc3Cl)o2)SC1=S. The lowest BCUT2D eigenvalue weighted by Crippen LogP contribution is -2.43. The van der Waals surface area contributed by atoms with E-state index in [0.717, 1.165) is 18.2 Å². The highest BCUT2D eigenvalue weighted by Gasteiger charge is 2.40. The first-order valence-electron chi connectivity index (χ1n) is 8.87. The van der Waals surface area contributed by atoms with Crippen LogP contribution in [0.4, 0.5) is 0 Å². The molecule has 2 heterocycles. The molecule has 0 aliphatic carbocycles. The van der Waals surface area contributed by atoms with Gasteiger partial charge in [-0.3, -0.25) is 9.69 Å². The zero-order valence-electron chi connectivity index (χ0n) is 15.4. The van der Waals surface area contributed by atoms with Crippen LogP contribution in [-0.2, 0) is 9.59 Å². The molecular weight excluding hydrogens is 453 g/mol. The predicted molar refractivity (Wildman–Crippen MR) is 120 cm³/mol. The quantitative estimate of drug-likeness (QED) is 0.390. The number of carbonyl (C=O) groups excluding carboxylic acids is 1. The molecule has 1 amide bonds. The molecular formula is C20H17Cl2NO4S2. The number of carboxylic acids is 1. The first-order valence-corrected chi connectivity index (χ1v) is 10.9. The maximum atomic E-state index is 12.8. The molecule has 0 bridgehead atoms. The minimum Gasteiger partial charge on any atom is -0.480 e. The summed E-state index contributed by atoms with van der Waals surface area (Å²) in [7, 11) is 0. The molecule has 1 aromatic heterocycles. The highest BCUT2D eigenvalue weighted by molar-refractivity contribution is 8.26. The molecule has 9 heteroatoms. The highest BCUT2D eigenvalue weighted by atomic mass is 35.5. The van der Waals surface area contributed by atoms with E-state index in [1.165, 1.54) is 4.90 Å². The van der Waals surface area contributed by atoms with Crippen LogP contribution in [0, 0.1) is 0 Å². The summed E-state index contributed by atoms with van der Waals surface area (Å²) in [6, 6.07) is 7.58. The van der Waals surface area contributed by atoms with E-state index in [2.05, 4.69) is 0 Å². The summed E-state index contributed by atoms with van der Waals surface area (Å²) < 4.78 is 6.02. The Kier molecular flexibility index (Phi) is 7.05. The van der Waals surface area contributed by atoms with Crippen LogP contribution in [0.3, 0.4) is 0 Å². The number of furan rings is 1. The second-order valence-electron chi connectivity index (χ2n) is 6.35. The fourth-order valence-electron chi connectivity index (χ4n) is 2.94. The number of aliphatic carboxylic acids is 1. The second kappa shape index (κ2) is 9.34. The monoisotopic (exact) mass is 469 g/mol. The molecule has 1 atom stereocenters. The van der Waals surface area contributed by atoms with Gasteiger partial charge in [-0.25, -0.2) is 4.79 Å². The molecule has 1 aromatic carbocycles. The summed E-state index contributed by atoms with van der Waals surface area (Å²) in [5.41, 5.74) is 0.563. The molecule has 0 unspecified atom stereocenters. The molecule has 0 saturated carbocycles. The van der Waals surface area contributed by atoms with Gasteiger partial charge < -0.3 is 9.52 Å². The van der Waals surface area contributed by atoms with Crippen molar-refractivity contribution in [1.29, 1.82) is 0 Å². The number of amides is 1. The van der Waals surface area contributed by atoms with Crippen molar-refractivity contribution in [2.75, 3.05) is 0 Å². The first kappa shape index (κ1) is 21.9. The third kappa shape index (κ3) is 4.69. The number of hydrogen-bond donors (Lipinski definition) is 1. The van der Waals surface area contributed by atoms with Crippen LogP contribution in [-0.4, -0.2) is 32.2 Å². The molecule has 1 aliphatic rings. The van der Waals surface area contributed by atoms with Crippen molar-refractivity contribution in [2.24, 2.45) is 0 Å². The van der Waals surface area contributed by atoms with Crippen LogP contribution >= 0.6 is 47.2 Å². The van der Waals surface area contributed by atoms with Crippen LogP contribution in [0.5, 0.6) is 0 Å². The van der Waals surface area contributed by atoms with E-state index in [9.17, 15) is 14.7 Å². The van der Waals surface area contributed by atoms with Gasteiger partial charge in [0.2, 0.25) is 0 Å². The Bertz CT molecular complexity index is 982. The average molecular weight is 470 g/mol. The number of thioether (sulfide) groups is 1. The second-order valence-corrected chi connectivity index (χ2v) is 8.84. The van der Waals surface area contributed by atoms with Gasteiger partial charge in [-0.05, 0) is 30.7 Å². The Labute approximate surface area is 187 Å². The minimum atomic E-state index is -1.07. The van der Waals surface area contributed by atoms with Crippen LogP contribution in [0.2, 0.25) is 10.0 Å². The first-order chi connectivity index (χ1) is 13.8. The lowest BCUT2D eigenvalue weighted by molar-refractivity contribution is -0.145. The molecule has 1 N–H and O–H groups in total. The summed E-state index contributed by atoms with van der Waals surface area (Å²) in [5.74, 6) is -0.618. The zero-order valence-corrected chi connectivity index (χ0v) is 18.5. The van der Waals surface area contributed by atoms with Gasteiger partial charge in [0.1, 0.15) is 21.9 Å². The fraction of sp³-hybridized carbons (Fsp3) is 0.250. The molecule has 0 radical (unpaired) electrons. The van der Waals surface area contributed by atoms with Gasteiger partial charge in [-0.15, -0.1) is 0 Å². The van der Waals surface area contributed by atoms with Gasteiger partial charge in [-0.2, -0.15) is 0 Å². The standard InChI is InChI=1S/C20H17Cl2NO4S2/c1-2-3-7-14(19(25)26)23-18(24)16(29-20(23)28)10-11-8-9-15(27-11)17-12(21)5-4-6-13(17)22/h4-6,8-10,14H,2-3,7H2,1H3,(H,25,26)/b16-10+/t14-/m0/s1. The Morgan fingerprint density at radius 3 is 2.62 bits per heavy atom. The normalized spacial score (nSPS) is 16.7. The van der Waals surface area contributed by atoms with Gasteiger partial charge in [0.15, 0.2) is 0 Å². The van der Waals surface area contributed by atoms with E-state index in [1.54, 1.807) is 36.4 Å². The predicted octanol–water partition coefficient (Wildman–Crippen LogP) is 6.10. The molecule has 0 spiro atoms. The number of carbonyl (C=O) groups is 2. The summed E-state index contributed by atoms with van der Waals surface area (Å²) >= 11 is 18.8. The molecule has 5 nitrogen and oxygen atoms in total. The molecule has 1 fully saturated rings. The third-order valence-electron chi connectivity index (χ3n) is 4.36. The van der Waals surface area contributed by atoms with Crippen molar-refractivity contribution in [3.05, 3.63) is 51.0 Å². The molecule has 1 aliphatic heterocycles. The lowest BCUT2D eigenvalue weighted by atomic mass is 10.1. The van der Waals surface area contributed by atoms with Crippen LogP contribution < -0.4 is 0 Å². The van der Waals surface area contributed by atoms with Crippen molar-refractivity contribution in [3.63, 3.8) is 0 Å². The molecule has 2 aromatic rings. The number of hydrogen-bond acceptors (Lipinski definition) is 5. The molecule has 29 heavy (non-hydrogen) atoms. The summed E-state index contributed by atoms with van der Waals surface area (Å²) in [6.07, 6.45) is 3.41. The minimum absolute atomic E-state index is 0.227. The van der Waals surface area contributed by atoms with E-state index in [-0.39, 0.29) is 4.32 Å². The number of rotatable bonds is 7. The van der Waals surface area contributed by atoms with Crippen LogP contribution in [0.15, 0.2) is 39.7 Å². The molecule has 1 saturated heterocycles. The van der Waals surface area contributed by atoms with Gasteiger partial charge in [0.25, 0.3) is 5.91 Å². The lowest BCUT2D eigenvalue weighted by Gasteiger charge is -2.22. The number of unbranched alkanes of at least 4 members (excludes halogenated alkanes) is 1. The fourth-order valence-corrected chi connectivity index (χ4v) is 4.86. The van der Waals surface area contributed by atoms with Gasteiger partial charge >= 0.3 is 5.97 Å². The molecule has 152 valence electrons. The largest absolute Gasteiger partial charge is 0.480 e. The van der Waals surface area contributed by atoms with Gasteiger partial charge in [0, 0.05) is 6.08 Å². The van der Waals surface area contributed by atoms with Gasteiger partial charge in [-0.1, -0.05) is 73.0 Å². The molecule has 3 rings (SSSR count). The topological polar surface area (TPSA) is 70.8 Å². The van der Waals surface area contributed by atoms with Crippen molar-refractivity contribution in [1.82, 2.24) is 4.90 Å². The number of thiocarbonyl (C=S) groups is 1. The summed E-state index contributed by atoms with van der Waals surface area (Å²) in [4.78, 5) is 26.0. The summed E-state index contributed by atoms with van der Waals surface area (Å²) in [6.45, 7) is 1.96. The maximum absolute atomic E-state index is 12.8. The smallest absolute Gasteiger partial charge is 0.326 e. The van der Waals surface area contributed by atoms with E-state index >= 15 is 0 Å². The van der Waals surface area contributed by atoms with Crippen molar-refractivity contribution in [2.45, 2.75) is 32.2 Å². The van der Waals surface area contributed by atoms with E-state index in [1.807, 2.05) is 6.92 Å². The average Bonchev–Trinajstić information content (AvgIpc) is 3.21. The maximum Gasteiger partial charge on any atom is 0.326 e. The van der Waals surface area contributed by atoms with Gasteiger partial charge in [0.05, 0.1) is 20.5 Å². The highest BCUT2D eigenvalue weighted by Crippen LogP contribution is 2.38. The zero-order chi connectivity index (χ0) is 21.1. The van der Waals surface area contributed by atoms with Crippen LogP contribution in [0.1, 0.15) is 31.9 Å². The van der Waals surface area contributed by atoms with E-state index < -0.39 is 17.9 Å². The Morgan fingerprint density at radius 1 is 1.31 bits per heavy atom. The number of benzene rings is 1. The van der Waals surface area contributed by atoms with Crippen molar-refractivity contribution in [3.8, 4) is 11.3 Å². The summed E-state index contributed by atoms with van der Waals surface area (Å²) in [5, 5.41) is 10.4. The van der Waals surface area contributed by atoms with Crippen LogP contribution in [0.25, 0.3) is 17.4 Å². The Morgan fingerprint density at radius 2 is 2.00 bits per heavy atom. The Hall–Kier alpha value is -1.80. The third-order valence-corrected chi connectivity index (χ3v) is 6.32. The number of halogens is 2. The van der Waals surface area contributed by atoms with E-state index in [4.69, 9.17) is 39.8 Å². The Balaban J connectivity index is 1.87. The number of nitrogens with zero attached hydrogens (tertiary/aromatic N) is 1. The van der Waals surface area contributed by atoms with Crippen molar-refractivity contribution < 1.29 is 19.1 Å². The number of carboxylic acid groups (broad SMARTS) is 1.